The molecule has 2 rings (SSSR count). The van der Waals surface area contributed by atoms with E-state index < -0.39 is 0 Å². The number of nitro benzene ring substituents is 1. The van der Waals surface area contributed by atoms with Gasteiger partial charge >= 0.3 is 0 Å². The molecule has 110 valence electrons. The van der Waals surface area contributed by atoms with Gasteiger partial charge in [0.15, 0.2) is 0 Å². The second-order valence-corrected chi connectivity index (χ2v) is 5.02. The minimum absolute atomic E-state index is 0.197. The molecule has 0 aliphatic rings. The summed E-state index contributed by atoms with van der Waals surface area (Å²) in [5, 5.41) is 11.2. The molecular weight excluding hydrogens is 266 g/mol. The maximum absolute atomic E-state index is 11.2. The molecule has 0 N–H and O–H groups in total. The van der Waals surface area contributed by atoms with Crippen molar-refractivity contribution >= 4 is 5.69 Å². The van der Waals surface area contributed by atoms with Crippen LogP contribution in [0.15, 0.2) is 42.5 Å². The third-order valence-corrected chi connectivity index (χ3v) is 3.50. The van der Waals surface area contributed by atoms with E-state index in [-0.39, 0.29) is 10.6 Å². The third kappa shape index (κ3) is 3.67. The SMILES string of the molecule is COCCCc1cc(-c2ccccc2)c(C)cc1[N+](=O)[O-]. The number of aryl methyl sites for hydroxylation is 2. The van der Waals surface area contributed by atoms with Gasteiger partial charge in [-0.05, 0) is 42.5 Å². The molecular formula is C17H19NO3. The number of benzene rings is 2. The zero-order chi connectivity index (χ0) is 15.2. The van der Waals surface area contributed by atoms with Crippen molar-refractivity contribution in [1.82, 2.24) is 0 Å². The molecule has 0 spiro atoms. The Morgan fingerprint density at radius 3 is 2.52 bits per heavy atom. The third-order valence-electron chi connectivity index (χ3n) is 3.50. The Labute approximate surface area is 124 Å². The number of methoxy groups -OCH3 is 1. The minimum Gasteiger partial charge on any atom is -0.385 e. The number of nitro groups is 1. The van der Waals surface area contributed by atoms with Crippen LogP contribution >= 0.6 is 0 Å². The van der Waals surface area contributed by atoms with E-state index in [1.54, 1.807) is 13.2 Å². The van der Waals surface area contributed by atoms with Crippen LogP contribution in [-0.4, -0.2) is 18.6 Å². The number of hydrogen-bond donors (Lipinski definition) is 0. The van der Waals surface area contributed by atoms with E-state index in [0.717, 1.165) is 28.7 Å². The predicted octanol–water partition coefficient (Wildman–Crippen LogP) is 4.15. The van der Waals surface area contributed by atoms with Crippen molar-refractivity contribution in [2.45, 2.75) is 19.8 Å². The highest BCUT2D eigenvalue weighted by molar-refractivity contribution is 5.70. The van der Waals surface area contributed by atoms with Gasteiger partial charge in [-0.3, -0.25) is 10.1 Å². The van der Waals surface area contributed by atoms with Crippen LogP contribution in [0.4, 0.5) is 5.69 Å². The molecule has 0 heterocycles. The molecule has 2 aromatic carbocycles. The van der Waals surface area contributed by atoms with E-state index in [4.69, 9.17) is 4.74 Å². The monoisotopic (exact) mass is 285 g/mol. The predicted molar refractivity (Wildman–Crippen MR) is 83.5 cm³/mol. The van der Waals surface area contributed by atoms with Gasteiger partial charge in [0.05, 0.1) is 4.92 Å². The fraction of sp³-hybridized carbons (Fsp3) is 0.294. The Morgan fingerprint density at radius 2 is 1.90 bits per heavy atom. The standard InChI is InChI=1S/C17H19NO3/c1-13-11-17(18(19)20)15(9-6-10-21-2)12-16(13)14-7-4-3-5-8-14/h3-5,7-8,11-12H,6,9-10H2,1-2H3. The zero-order valence-corrected chi connectivity index (χ0v) is 12.3. The fourth-order valence-corrected chi connectivity index (χ4v) is 2.44. The van der Waals surface area contributed by atoms with E-state index >= 15 is 0 Å². The molecule has 21 heavy (non-hydrogen) atoms. The van der Waals surface area contributed by atoms with Gasteiger partial charge in [-0.15, -0.1) is 0 Å². The smallest absolute Gasteiger partial charge is 0.272 e. The maximum Gasteiger partial charge on any atom is 0.272 e. The molecule has 0 bridgehead atoms. The normalized spacial score (nSPS) is 10.6. The van der Waals surface area contributed by atoms with Crippen molar-refractivity contribution in [3.63, 3.8) is 0 Å². The quantitative estimate of drug-likeness (QED) is 0.455. The highest BCUT2D eigenvalue weighted by Crippen LogP contribution is 2.31. The average Bonchev–Trinajstić information content (AvgIpc) is 2.49. The number of ether oxygens (including phenoxy) is 1. The topological polar surface area (TPSA) is 52.4 Å². The van der Waals surface area contributed by atoms with Gasteiger partial charge in [0, 0.05) is 25.3 Å². The summed E-state index contributed by atoms with van der Waals surface area (Å²) in [6.07, 6.45) is 1.42. The summed E-state index contributed by atoms with van der Waals surface area (Å²) in [5.41, 5.74) is 4.01. The van der Waals surface area contributed by atoms with Crippen molar-refractivity contribution in [3.05, 3.63) is 63.7 Å². The van der Waals surface area contributed by atoms with Crippen LogP contribution in [0, 0.1) is 17.0 Å². The lowest BCUT2D eigenvalue weighted by Gasteiger charge is -2.10. The second kappa shape index (κ2) is 6.99. The van der Waals surface area contributed by atoms with Crippen molar-refractivity contribution in [2.24, 2.45) is 0 Å². The summed E-state index contributed by atoms with van der Waals surface area (Å²) in [5.74, 6) is 0. The van der Waals surface area contributed by atoms with Crippen molar-refractivity contribution < 1.29 is 9.66 Å². The number of nitrogens with zero attached hydrogens (tertiary/aromatic N) is 1. The summed E-state index contributed by atoms with van der Waals surface area (Å²) in [6.45, 7) is 2.51. The molecule has 2 aromatic rings. The first-order valence-electron chi connectivity index (χ1n) is 6.95. The van der Waals surface area contributed by atoms with Crippen LogP contribution < -0.4 is 0 Å². The average molecular weight is 285 g/mol. The van der Waals surface area contributed by atoms with E-state index in [9.17, 15) is 10.1 Å². The van der Waals surface area contributed by atoms with Crippen molar-refractivity contribution in [1.29, 1.82) is 0 Å². The molecule has 0 radical (unpaired) electrons. The van der Waals surface area contributed by atoms with Crippen LogP contribution in [-0.2, 0) is 11.2 Å². The highest BCUT2D eigenvalue weighted by Gasteiger charge is 2.16. The molecule has 4 nitrogen and oxygen atoms in total. The zero-order valence-electron chi connectivity index (χ0n) is 12.3. The Morgan fingerprint density at radius 1 is 1.19 bits per heavy atom. The van der Waals surface area contributed by atoms with Crippen LogP contribution in [0.25, 0.3) is 11.1 Å². The van der Waals surface area contributed by atoms with Gasteiger partial charge in [0.1, 0.15) is 0 Å². The van der Waals surface area contributed by atoms with E-state index in [0.29, 0.717) is 13.0 Å². The molecule has 0 amide bonds. The van der Waals surface area contributed by atoms with E-state index in [1.807, 2.05) is 43.3 Å². The second-order valence-electron chi connectivity index (χ2n) is 5.02. The summed E-state index contributed by atoms with van der Waals surface area (Å²) < 4.78 is 5.03. The van der Waals surface area contributed by atoms with Crippen LogP contribution in [0.1, 0.15) is 17.5 Å². The van der Waals surface area contributed by atoms with Gasteiger partial charge in [0.2, 0.25) is 0 Å². The lowest BCUT2D eigenvalue weighted by Crippen LogP contribution is -2.00. The first-order valence-corrected chi connectivity index (χ1v) is 6.95. The summed E-state index contributed by atoms with van der Waals surface area (Å²) in [7, 11) is 1.64. The van der Waals surface area contributed by atoms with Gasteiger partial charge in [-0.2, -0.15) is 0 Å². The Balaban J connectivity index is 2.43. The molecule has 0 saturated carbocycles. The molecule has 0 unspecified atom stereocenters. The first-order chi connectivity index (χ1) is 10.1. The Hall–Kier alpha value is -2.20. The lowest BCUT2D eigenvalue weighted by atomic mass is 9.95. The van der Waals surface area contributed by atoms with Crippen molar-refractivity contribution in [3.8, 4) is 11.1 Å². The van der Waals surface area contributed by atoms with Gasteiger partial charge in [-0.1, -0.05) is 30.3 Å². The maximum atomic E-state index is 11.2. The Kier molecular flexibility index (Phi) is 5.06. The van der Waals surface area contributed by atoms with E-state index in [1.165, 1.54) is 0 Å². The molecule has 0 atom stereocenters. The molecule has 0 fully saturated rings. The summed E-state index contributed by atoms with van der Waals surface area (Å²) in [4.78, 5) is 10.9. The lowest BCUT2D eigenvalue weighted by molar-refractivity contribution is -0.385. The van der Waals surface area contributed by atoms with Crippen LogP contribution in [0.3, 0.4) is 0 Å². The highest BCUT2D eigenvalue weighted by atomic mass is 16.6. The molecule has 4 heteroatoms. The van der Waals surface area contributed by atoms with Crippen LogP contribution in [0.2, 0.25) is 0 Å². The number of rotatable bonds is 6. The fourth-order valence-electron chi connectivity index (χ4n) is 2.44. The molecule has 0 aromatic heterocycles. The summed E-state index contributed by atoms with van der Waals surface area (Å²) >= 11 is 0. The Bertz CT molecular complexity index is 623. The molecule has 0 aliphatic carbocycles. The largest absolute Gasteiger partial charge is 0.385 e. The van der Waals surface area contributed by atoms with Gasteiger partial charge < -0.3 is 4.74 Å². The van der Waals surface area contributed by atoms with Gasteiger partial charge in [-0.25, -0.2) is 0 Å². The van der Waals surface area contributed by atoms with E-state index in [2.05, 4.69) is 0 Å². The first kappa shape index (κ1) is 15.2. The van der Waals surface area contributed by atoms with Crippen LogP contribution in [0.5, 0.6) is 0 Å². The molecule has 0 aliphatic heterocycles. The summed E-state index contributed by atoms with van der Waals surface area (Å²) in [6, 6.07) is 13.6. The molecule has 0 saturated heterocycles. The van der Waals surface area contributed by atoms with Gasteiger partial charge in [0.25, 0.3) is 5.69 Å². The number of hydrogen-bond acceptors (Lipinski definition) is 3. The van der Waals surface area contributed by atoms with Crippen molar-refractivity contribution in [2.75, 3.05) is 13.7 Å². The minimum atomic E-state index is -0.302.